The van der Waals surface area contributed by atoms with Gasteiger partial charge in [0.05, 0.1) is 5.56 Å². The van der Waals surface area contributed by atoms with Gasteiger partial charge in [-0.05, 0) is 29.3 Å². The minimum atomic E-state index is -4.61. The van der Waals surface area contributed by atoms with Crippen molar-refractivity contribution in [1.82, 2.24) is 14.9 Å². The molecule has 0 atom stereocenters. The summed E-state index contributed by atoms with van der Waals surface area (Å²) in [5, 5.41) is 12.5. The fourth-order valence-corrected chi connectivity index (χ4v) is 2.94. The van der Waals surface area contributed by atoms with Crippen molar-refractivity contribution < 1.29 is 27.5 Å². The highest BCUT2D eigenvalue weighted by Gasteiger charge is 2.33. The molecule has 3 rings (SSSR count). The molecule has 0 aliphatic heterocycles. The molecule has 162 valence electrons. The van der Waals surface area contributed by atoms with Gasteiger partial charge < -0.3 is 10.4 Å². The van der Waals surface area contributed by atoms with Gasteiger partial charge in [-0.1, -0.05) is 30.3 Å². The lowest BCUT2D eigenvalue weighted by atomic mass is 10.0. The molecule has 1 amide bonds. The van der Waals surface area contributed by atoms with Crippen molar-refractivity contribution in [3.8, 4) is 5.75 Å². The van der Waals surface area contributed by atoms with Crippen LogP contribution in [-0.2, 0) is 26.2 Å². The summed E-state index contributed by atoms with van der Waals surface area (Å²) in [5.74, 6) is -2.41. The number of nitrogens with one attached hydrogen (secondary N) is 1. The first-order chi connectivity index (χ1) is 14.6. The second-order valence-electron chi connectivity index (χ2n) is 6.73. The van der Waals surface area contributed by atoms with E-state index >= 15 is 0 Å². The number of rotatable bonds is 5. The minimum absolute atomic E-state index is 0.0400. The van der Waals surface area contributed by atoms with E-state index in [9.17, 15) is 32.3 Å². The summed E-state index contributed by atoms with van der Waals surface area (Å²) in [6, 6.07) is 10.1. The predicted octanol–water partition coefficient (Wildman–Crippen LogP) is 3.16. The highest BCUT2D eigenvalue weighted by molar-refractivity contribution is 5.94. The number of alkyl halides is 3. The molecule has 0 saturated carbocycles. The molecular weight excluding hydrogens is 418 g/mol. The summed E-state index contributed by atoms with van der Waals surface area (Å²) in [4.78, 5) is 28.7. The molecule has 0 fully saturated rings. The summed E-state index contributed by atoms with van der Waals surface area (Å²) in [7, 11) is 1.24. The van der Waals surface area contributed by atoms with E-state index in [0.29, 0.717) is 5.56 Å². The molecule has 10 heteroatoms. The van der Waals surface area contributed by atoms with E-state index in [1.165, 1.54) is 49.5 Å². The van der Waals surface area contributed by atoms with Gasteiger partial charge in [-0.2, -0.15) is 13.2 Å². The number of carbonyl (C=O) groups is 1. The molecule has 0 unspecified atom stereocenters. The lowest BCUT2D eigenvalue weighted by Gasteiger charge is -2.15. The SMILES string of the molecule is Cn1c(Cc2ccccc2C(F)(F)F)nc(C(=O)NCc2ccc(F)cc2)c(O)c1=O. The van der Waals surface area contributed by atoms with Gasteiger partial charge in [0.2, 0.25) is 5.75 Å². The van der Waals surface area contributed by atoms with Gasteiger partial charge in [-0.3, -0.25) is 14.2 Å². The lowest BCUT2D eigenvalue weighted by Crippen LogP contribution is -2.30. The van der Waals surface area contributed by atoms with Crippen LogP contribution < -0.4 is 10.9 Å². The van der Waals surface area contributed by atoms with Gasteiger partial charge in [0.15, 0.2) is 5.69 Å². The summed E-state index contributed by atoms with van der Waals surface area (Å²) in [6.45, 7) is -0.0400. The number of aromatic nitrogens is 2. The molecule has 1 aromatic heterocycles. The van der Waals surface area contributed by atoms with Crippen LogP contribution in [0.2, 0.25) is 0 Å². The third kappa shape index (κ3) is 4.90. The van der Waals surface area contributed by atoms with Gasteiger partial charge in [-0.15, -0.1) is 0 Å². The van der Waals surface area contributed by atoms with E-state index in [4.69, 9.17) is 0 Å². The number of nitrogens with zero attached hydrogens (tertiary/aromatic N) is 2. The molecule has 0 aliphatic carbocycles. The molecule has 2 N–H and O–H groups in total. The zero-order chi connectivity index (χ0) is 22.8. The van der Waals surface area contributed by atoms with Crippen LogP contribution in [0.5, 0.6) is 5.75 Å². The average molecular weight is 435 g/mol. The Morgan fingerprint density at radius 2 is 1.77 bits per heavy atom. The molecule has 31 heavy (non-hydrogen) atoms. The Balaban J connectivity index is 1.91. The van der Waals surface area contributed by atoms with Gasteiger partial charge in [0.25, 0.3) is 11.5 Å². The van der Waals surface area contributed by atoms with Crippen molar-refractivity contribution >= 4 is 5.91 Å². The van der Waals surface area contributed by atoms with Gasteiger partial charge in [0.1, 0.15) is 11.6 Å². The van der Waals surface area contributed by atoms with E-state index < -0.39 is 40.5 Å². The van der Waals surface area contributed by atoms with Crippen molar-refractivity contribution in [2.24, 2.45) is 7.05 Å². The number of hydrogen-bond acceptors (Lipinski definition) is 4. The second-order valence-corrected chi connectivity index (χ2v) is 6.73. The van der Waals surface area contributed by atoms with Gasteiger partial charge in [-0.25, -0.2) is 9.37 Å². The molecule has 1 heterocycles. The first kappa shape index (κ1) is 22.0. The zero-order valence-corrected chi connectivity index (χ0v) is 16.2. The van der Waals surface area contributed by atoms with Crippen LogP contribution in [-0.4, -0.2) is 20.6 Å². The van der Waals surface area contributed by atoms with E-state index in [-0.39, 0.29) is 24.4 Å². The topological polar surface area (TPSA) is 84.2 Å². The minimum Gasteiger partial charge on any atom is -0.501 e. The molecular formula is C21H17F4N3O3. The highest BCUT2D eigenvalue weighted by Crippen LogP contribution is 2.32. The molecule has 0 spiro atoms. The Morgan fingerprint density at radius 3 is 2.42 bits per heavy atom. The molecule has 0 saturated heterocycles. The van der Waals surface area contributed by atoms with Crippen LogP contribution in [0, 0.1) is 5.82 Å². The molecule has 0 aliphatic rings. The third-order valence-electron chi connectivity index (χ3n) is 4.61. The molecule has 2 aromatic carbocycles. The smallest absolute Gasteiger partial charge is 0.416 e. The Hall–Kier alpha value is -3.69. The first-order valence-electron chi connectivity index (χ1n) is 9.04. The van der Waals surface area contributed by atoms with Gasteiger partial charge >= 0.3 is 6.18 Å². The van der Waals surface area contributed by atoms with Crippen LogP contribution in [0.15, 0.2) is 53.3 Å². The van der Waals surface area contributed by atoms with Gasteiger partial charge in [0, 0.05) is 20.0 Å². The maximum atomic E-state index is 13.3. The maximum absolute atomic E-state index is 13.3. The Morgan fingerprint density at radius 1 is 1.13 bits per heavy atom. The number of aromatic hydroxyl groups is 1. The quantitative estimate of drug-likeness (QED) is 0.603. The monoisotopic (exact) mass is 435 g/mol. The van der Waals surface area contributed by atoms with Crippen molar-refractivity contribution in [1.29, 1.82) is 0 Å². The molecule has 0 radical (unpaired) electrons. The van der Waals surface area contributed by atoms with E-state index in [2.05, 4.69) is 10.3 Å². The Bertz CT molecular complexity index is 1170. The maximum Gasteiger partial charge on any atom is 0.416 e. The first-order valence-corrected chi connectivity index (χ1v) is 9.04. The van der Waals surface area contributed by atoms with E-state index in [1.54, 1.807) is 0 Å². The summed E-state index contributed by atoms with van der Waals surface area (Å²) in [5.41, 5.74) is -2.05. The fourth-order valence-electron chi connectivity index (χ4n) is 2.94. The highest BCUT2D eigenvalue weighted by atomic mass is 19.4. The second kappa shape index (κ2) is 8.58. The summed E-state index contributed by atoms with van der Waals surface area (Å²) >= 11 is 0. The largest absolute Gasteiger partial charge is 0.501 e. The number of carbonyl (C=O) groups excluding carboxylic acids is 1. The van der Waals surface area contributed by atoms with Crippen LogP contribution >= 0.6 is 0 Å². The molecule has 0 bridgehead atoms. The molecule has 6 nitrogen and oxygen atoms in total. The number of benzene rings is 2. The predicted molar refractivity (Wildman–Crippen MR) is 103 cm³/mol. The fraction of sp³-hybridized carbons (Fsp3) is 0.190. The van der Waals surface area contributed by atoms with Crippen LogP contribution in [0.1, 0.15) is 33.0 Å². The summed E-state index contributed by atoms with van der Waals surface area (Å²) < 4.78 is 53.7. The standard InChI is InChI=1S/C21H17F4N3O3/c1-28-16(10-13-4-2-3-5-15(13)21(23,24)25)27-17(18(29)20(28)31)19(30)26-11-12-6-8-14(22)9-7-12/h2-9,29H,10-11H2,1H3,(H,26,30). The van der Waals surface area contributed by atoms with Crippen LogP contribution in [0.25, 0.3) is 0 Å². The van der Waals surface area contributed by atoms with Crippen LogP contribution in [0.3, 0.4) is 0 Å². The number of halogens is 4. The van der Waals surface area contributed by atoms with E-state index in [1.807, 2.05) is 0 Å². The van der Waals surface area contributed by atoms with Crippen molar-refractivity contribution in [3.05, 3.63) is 92.9 Å². The van der Waals surface area contributed by atoms with E-state index in [0.717, 1.165) is 10.6 Å². The Kier molecular flexibility index (Phi) is 6.09. The Labute approximate surface area is 173 Å². The number of amides is 1. The average Bonchev–Trinajstić information content (AvgIpc) is 2.73. The lowest BCUT2D eigenvalue weighted by molar-refractivity contribution is -0.138. The normalized spacial score (nSPS) is 11.4. The van der Waals surface area contributed by atoms with Crippen molar-refractivity contribution in [2.75, 3.05) is 0 Å². The van der Waals surface area contributed by atoms with Crippen molar-refractivity contribution in [3.63, 3.8) is 0 Å². The van der Waals surface area contributed by atoms with Crippen LogP contribution in [0.4, 0.5) is 17.6 Å². The summed E-state index contributed by atoms with van der Waals surface area (Å²) in [6.07, 6.45) is -5.00. The third-order valence-corrected chi connectivity index (χ3v) is 4.61. The number of hydrogen-bond donors (Lipinski definition) is 2. The zero-order valence-electron chi connectivity index (χ0n) is 16.2. The molecule has 3 aromatic rings. The van der Waals surface area contributed by atoms with Crippen molar-refractivity contribution in [2.45, 2.75) is 19.1 Å².